The Morgan fingerprint density at radius 3 is 2.54 bits per heavy atom. The van der Waals surface area contributed by atoms with Crippen LogP contribution in [0.1, 0.15) is 31.9 Å². The van der Waals surface area contributed by atoms with Crippen molar-refractivity contribution in [2.45, 2.75) is 32.1 Å². The second kappa shape index (κ2) is 9.81. The lowest BCUT2D eigenvalue weighted by molar-refractivity contribution is -0.235. The van der Waals surface area contributed by atoms with Crippen LogP contribution < -0.4 is 5.32 Å². The van der Waals surface area contributed by atoms with Gasteiger partial charge in [0.25, 0.3) is 0 Å². The molecule has 11 heteroatoms. The Morgan fingerprint density at radius 1 is 1.11 bits per heavy atom. The van der Waals surface area contributed by atoms with Crippen LogP contribution in [0.5, 0.6) is 0 Å². The minimum Gasteiger partial charge on any atom is -0.378 e. The molecule has 2 aliphatic heterocycles. The molecular weight excluding hydrogens is 479 g/mol. The molecule has 37 heavy (non-hydrogen) atoms. The number of carbonyl (C=O) groups excluding carboxylic acids is 1. The van der Waals surface area contributed by atoms with Gasteiger partial charge in [0.15, 0.2) is 5.82 Å². The van der Waals surface area contributed by atoms with Crippen LogP contribution >= 0.6 is 0 Å². The molecule has 6 rings (SSSR count). The molecule has 4 heterocycles. The van der Waals surface area contributed by atoms with Gasteiger partial charge in [0.05, 0.1) is 48.9 Å². The van der Waals surface area contributed by atoms with Crippen LogP contribution in [0, 0.1) is 11.2 Å². The number of nitrogens with zero attached hydrogens (tertiary/aromatic N) is 4. The number of benzene rings is 1. The van der Waals surface area contributed by atoms with E-state index in [1.54, 1.807) is 29.3 Å². The van der Waals surface area contributed by atoms with Gasteiger partial charge in [-0.15, -0.1) is 0 Å². The van der Waals surface area contributed by atoms with Crippen molar-refractivity contribution in [3.05, 3.63) is 48.2 Å². The summed E-state index contributed by atoms with van der Waals surface area (Å²) in [6.07, 6.45) is 3.11. The highest BCUT2D eigenvalue weighted by atomic mass is 19.1. The first-order chi connectivity index (χ1) is 18.0. The van der Waals surface area contributed by atoms with E-state index in [9.17, 15) is 9.18 Å². The average molecular weight is 509 g/mol. The summed E-state index contributed by atoms with van der Waals surface area (Å²) in [5, 5.41) is 3.31. The number of aromatic amines is 1. The maximum atomic E-state index is 13.6. The molecule has 2 N–H and O–H groups in total. The first-order valence-corrected chi connectivity index (χ1v) is 12.5. The van der Waals surface area contributed by atoms with Crippen molar-refractivity contribution < 1.29 is 23.4 Å². The minimum absolute atomic E-state index is 0.00179. The Kier molecular flexibility index (Phi) is 6.35. The molecule has 10 nitrogen and oxygen atoms in total. The summed E-state index contributed by atoms with van der Waals surface area (Å²) in [4.78, 5) is 32.0. The fourth-order valence-electron chi connectivity index (χ4n) is 4.52. The van der Waals surface area contributed by atoms with Crippen molar-refractivity contribution in [3.63, 3.8) is 0 Å². The Labute approximate surface area is 213 Å². The number of morpholine rings is 1. The van der Waals surface area contributed by atoms with Crippen molar-refractivity contribution in [3.8, 4) is 22.6 Å². The molecule has 0 atom stereocenters. The fourth-order valence-corrected chi connectivity index (χ4v) is 4.52. The van der Waals surface area contributed by atoms with E-state index in [4.69, 9.17) is 19.2 Å². The standard InChI is InChI=1S/C26H29FN6O4/c1-26(24(34)33-10-12-35-13-11-33)14-36-23(37-15-26)22-31-20(16-2-4-17(27)5-3-16)21(32-22)19-8-9-28-25(30-19)29-18-6-7-18/h2-5,8-9,18,23H,6-7,10-15H2,1H3,(H,31,32)(H,28,29,30). The first-order valence-electron chi connectivity index (χ1n) is 12.5. The third kappa shape index (κ3) is 5.07. The smallest absolute Gasteiger partial charge is 0.233 e. The predicted molar refractivity (Wildman–Crippen MR) is 132 cm³/mol. The molecular formula is C26H29FN6O4. The highest BCUT2D eigenvalue weighted by Gasteiger charge is 2.43. The number of ether oxygens (including phenoxy) is 3. The van der Waals surface area contributed by atoms with Crippen LogP contribution in [-0.4, -0.2) is 76.3 Å². The van der Waals surface area contributed by atoms with Gasteiger partial charge in [-0.3, -0.25) is 4.79 Å². The molecule has 3 fully saturated rings. The Hall–Kier alpha value is -3.41. The van der Waals surface area contributed by atoms with Crippen molar-refractivity contribution >= 4 is 11.9 Å². The third-order valence-corrected chi connectivity index (χ3v) is 6.81. The molecule has 1 aliphatic carbocycles. The highest BCUT2D eigenvalue weighted by Crippen LogP contribution is 2.36. The maximum Gasteiger partial charge on any atom is 0.233 e. The number of rotatable bonds is 6. The summed E-state index contributed by atoms with van der Waals surface area (Å²) in [5.41, 5.74) is 1.81. The van der Waals surface area contributed by atoms with Gasteiger partial charge in [-0.25, -0.2) is 19.3 Å². The van der Waals surface area contributed by atoms with Crippen LogP contribution in [0.2, 0.25) is 0 Å². The number of H-pyrrole nitrogens is 1. The van der Waals surface area contributed by atoms with Crippen molar-refractivity contribution in [2.75, 3.05) is 44.8 Å². The number of amides is 1. The third-order valence-electron chi connectivity index (χ3n) is 6.81. The van der Waals surface area contributed by atoms with E-state index in [-0.39, 0.29) is 24.9 Å². The van der Waals surface area contributed by atoms with Crippen LogP contribution in [0.25, 0.3) is 22.6 Å². The fraction of sp³-hybridized carbons (Fsp3) is 0.462. The number of aromatic nitrogens is 4. The monoisotopic (exact) mass is 508 g/mol. The van der Waals surface area contributed by atoms with Gasteiger partial charge in [-0.1, -0.05) is 0 Å². The van der Waals surface area contributed by atoms with Gasteiger partial charge in [0.1, 0.15) is 5.82 Å². The van der Waals surface area contributed by atoms with E-state index < -0.39 is 11.7 Å². The van der Waals surface area contributed by atoms with Crippen molar-refractivity contribution in [2.24, 2.45) is 5.41 Å². The Bertz CT molecular complexity index is 1260. The largest absolute Gasteiger partial charge is 0.378 e. The van der Waals surface area contributed by atoms with E-state index in [2.05, 4.69) is 20.3 Å². The van der Waals surface area contributed by atoms with Crippen molar-refractivity contribution in [1.82, 2.24) is 24.8 Å². The molecule has 1 amide bonds. The zero-order chi connectivity index (χ0) is 25.4. The van der Waals surface area contributed by atoms with E-state index in [1.165, 1.54) is 12.1 Å². The van der Waals surface area contributed by atoms with Crippen LogP contribution in [-0.2, 0) is 19.0 Å². The number of anilines is 1. The normalized spacial score (nSPS) is 24.2. The minimum atomic E-state index is -0.793. The van der Waals surface area contributed by atoms with Crippen LogP contribution in [0.4, 0.5) is 10.3 Å². The Morgan fingerprint density at radius 2 is 1.84 bits per heavy atom. The van der Waals surface area contributed by atoms with E-state index >= 15 is 0 Å². The summed E-state index contributed by atoms with van der Waals surface area (Å²) >= 11 is 0. The lowest BCUT2D eigenvalue weighted by Crippen LogP contribution is -2.53. The van der Waals surface area contributed by atoms with E-state index in [1.807, 2.05) is 6.92 Å². The second-order valence-electron chi connectivity index (χ2n) is 9.96. The number of imidazole rings is 1. The van der Waals surface area contributed by atoms with Gasteiger partial charge < -0.3 is 29.4 Å². The lowest BCUT2D eigenvalue weighted by Gasteiger charge is -2.39. The first kappa shape index (κ1) is 24.0. The van der Waals surface area contributed by atoms with E-state index in [0.29, 0.717) is 61.2 Å². The highest BCUT2D eigenvalue weighted by molar-refractivity contribution is 5.83. The van der Waals surface area contributed by atoms with Gasteiger partial charge in [-0.2, -0.15) is 0 Å². The molecule has 0 unspecified atom stereocenters. The number of nitrogens with one attached hydrogen (secondary N) is 2. The molecule has 2 saturated heterocycles. The van der Waals surface area contributed by atoms with Gasteiger partial charge in [0, 0.05) is 30.9 Å². The average Bonchev–Trinajstić information content (AvgIpc) is 3.64. The van der Waals surface area contributed by atoms with Gasteiger partial charge in [0.2, 0.25) is 18.1 Å². The predicted octanol–water partition coefficient (Wildman–Crippen LogP) is 3.16. The second-order valence-corrected chi connectivity index (χ2v) is 9.96. The number of carbonyl (C=O) groups is 1. The van der Waals surface area contributed by atoms with E-state index in [0.717, 1.165) is 18.4 Å². The topological polar surface area (TPSA) is 114 Å². The number of hydrogen-bond acceptors (Lipinski definition) is 8. The van der Waals surface area contributed by atoms with Gasteiger partial charge >= 0.3 is 0 Å². The van der Waals surface area contributed by atoms with Crippen LogP contribution in [0.15, 0.2) is 36.5 Å². The SMILES string of the molecule is CC1(C(=O)N2CCOCC2)COC(c2nc(-c3ccc(F)cc3)c(-c3ccnc(NC4CC4)n3)[nH]2)OC1. The molecule has 1 aromatic carbocycles. The molecule has 3 aromatic rings. The quantitative estimate of drug-likeness (QED) is 0.522. The molecule has 0 radical (unpaired) electrons. The summed E-state index contributed by atoms with van der Waals surface area (Å²) in [6, 6.07) is 8.33. The molecule has 1 saturated carbocycles. The zero-order valence-electron chi connectivity index (χ0n) is 20.6. The van der Waals surface area contributed by atoms with Crippen molar-refractivity contribution in [1.29, 1.82) is 0 Å². The molecule has 194 valence electrons. The summed E-state index contributed by atoms with van der Waals surface area (Å²) < 4.78 is 31.1. The molecule has 0 bridgehead atoms. The van der Waals surface area contributed by atoms with Gasteiger partial charge in [-0.05, 0) is 50.1 Å². The lowest BCUT2D eigenvalue weighted by atomic mass is 9.90. The number of hydrogen-bond donors (Lipinski definition) is 2. The van der Waals surface area contributed by atoms with Crippen LogP contribution in [0.3, 0.4) is 0 Å². The molecule has 2 aromatic heterocycles. The molecule has 3 aliphatic rings. The number of halogens is 1. The summed E-state index contributed by atoms with van der Waals surface area (Å²) in [5.74, 6) is 0.662. The Balaban J connectivity index is 1.26. The maximum absolute atomic E-state index is 13.6. The summed E-state index contributed by atoms with van der Waals surface area (Å²) in [7, 11) is 0. The zero-order valence-corrected chi connectivity index (χ0v) is 20.6. The summed E-state index contributed by atoms with van der Waals surface area (Å²) in [6.45, 7) is 4.45. The molecule has 0 spiro atoms.